The van der Waals surface area contributed by atoms with Gasteiger partial charge in [0, 0.05) is 19.8 Å². The Labute approximate surface area is 429 Å². The number of fused-ring (bicyclic) bond motifs is 3. The number of nitrogens with zero attached hydrogens (tertiary/aromatic N) is 8. The fourth-order valence-corrected chi connectivity index (χ4v) is 10.1. The molecule has 0 amide bonds. The van der Waals surface area contributed by atoms with E-state index in [1.165, 1.54) is 13.7 Å². The summed E-state index contributed by atoms with van der Waals surface area (Å²) in [5, 5.41) is 35.2. The van der Waals surface area contributed by atoms with Gasteiger partial charge < -0.3 is 42.6 Å². The van der Waals surface area contributed by atoms with Gasteiger partial charge >= 0.3 is 14.9 Å². The quantitative estimate of drug-likeness (QED) is 0.0451. The highest BCUT2D eigenvalue weighted by Crippen LogP contribution is 2.52. The van der Waals surface area contributed by atoms with E-state index in [-0.39, 0.29) is 42.1 Å². The number of aromatic hydroxyl groups is 1. The summed E-state index contributed by atoms with van der Waals surface area (Å²) < 4.78 is 62.6. The first-order valence-corrected chi connectivity index (χ1v) is 25.4. The fourth-order valence-electron chi connectivity index (χ4n) is 9.61. The predicted molar refractivity (Wildman–Crippen MR) is 282 cm³/mol. The molecule has 10 rings (SSSR count). The number of aryl methyl sites for hydroxylation is 3. The summed E-state index contributed by atoms with van der Waals surface area (Å²) in [5.41, 5.74) is 6.86. The van der Waals surface area contributed by atoms with Gasteiger partial charge in [-0.2, -0.15) is 18.9 Å². The lowest BCUT2D eigenvalue weighted by atomic mass is 9.86. The molecule has 74 heavy (non-hydrogen) atoms. The van der Waals surface area contributed by atoms with Crippen molar-refractivity contribution in [1.82, 2.24) is 28.7 Å². The average Bonchev–Trinajstić information content (AvgIpc) is 4.07. The van der Waals surface area contributed by atoms with Crippen molar-refractivity contribution in [3.63, 3.8) is 0 Å². The Bertz CT molecular complexity index is 3760. The summed E-state index contributed by atoms with van der Waals surface area (Å²) in [6.07, 6.45) is 0.291. The van der Waals surface area contributed by atoms with E-state index in [2.05, 4.69) is 12.1 Å². The van der Waals surface area contributed by atoms with Gasteiger partial charge in [0.2, 0.25) is 0 Å². The molecule has 2 N–H and O–H groups in total. The van der Waals surface area contributed by atoms with Crippen LogP contribution in [0.1, 0.15) is 54.1 Å². The number of para-hydroxylation sites is 8. The first-order valence-electron chi connectivity index (χ1n) is 23.8. The second-order valence-corrected chi connectivity index (χ2v) is 19.2. The van der Waals surface area contributed by atoms with E-state index < -0.39 is 29.2 Å². The maximum atomic E-state index is 12.0. The van der Waals surface area contributed by atoms with Gasteiger partial charge in [-0.05, 0) is 115 Å². The molecule has 1 radical (unpaired) electrons. The van der Waals surface area contributed by atoms with Gasteiger partial charge in [0.05, 0.1) is 51.9 Å². The highest BCUT2D eigenvalue weighted by molar-refractivity contribution is 7.85. The number of allylic oxidation sites excluding steroid dienone is 3. The largest absolute Gasteiger partial charge is 0.743 e. The summed E-state index contributed by atoms with van der Waals surface area (Å²) in [7, 11) is -0.334. The van der Waals surface area contributed by atoms with E-state index in [1.807, 2.05) is 144 Å². The number of phenolic OH excluding ortho intramolecular Hbond substituents is 1. The molecule has 0 spiro atoms. The topological polar surface area (TPSA) is 201 Å². The highest BCUT2D eigenvalue weighted by Gasteiger charge is 2.52. The van der Waals surface area contributed by atoms with Crippen LogP contribution in [0.3, 0.4) is 0 Å². The molecule has 8 aromatic rings. The molecule has 19 heteroatoms. The van der Waals surface area contributed by atoms with Crippen molar-refractivity contribution in [2.75, 3.05) is 12.4 Å². The predicted octanol–water partition coefficient (Wildman–Crippen LogP) is 9.55. The van der Waals surface area contributed by atoms with Crippen LogP contribution in [0.15, 0.2) is 163 Å². The van der Waals surface area contributed by atoms with Crippen molar-refractivity contribution in [2.24, 2.45) is 14.1 Å². The highest BCUT2D eigenvalue weighted by atomic mass is 32.2. The fraction of sp³-hybridized carbons (Fsp3) is 0.164. The van der Waals surface area contributed by atoms with E-state index in [0.29, 0.717) is 73.7 Å². The minimum Gasteiger partial charge on any atom is -0.540 e. The van der Waals surface area contributed by atoms with E-state index in [9.17, 15) is 28.6 Å². The second kappa shape index (κ2) is 20.3. The van der Waals surface area contributed by atoms with Gasteiger partial charge in [0.25, 0.3) is 10.1 Å². The lowest BCUT2D eigenvalue weighted by Crippen LogP contribution is -2.48. The third-order valence-corrected chi connectivity index (χ3v) is 13.9. The molecule has 0 fully saturated rings. The minimum absolute atomic E-state index is 0.00289. The van der Waals surface area contributed by atoms with Crippen molar-refractivity contribution < 1.29 is 36.8 Å². The lowest BCUT2D eigenvalue weighted by Gasteiger charge is -2.39. The van der Waals surface area contributed by atoms with Crippen molar-refractivity contribution >= 4 is 63.9 Å². The van der Waals surface area contributed by atoms with E-state index >= 15 is 0 Å². The standard InChI is InChI=1S/C55H47B2N8O8S/c1-5-38-50(36-27-29-37(30-28-36)70-31-16-32-74(67,68)69)65(57-72-48-25-14-15-26-49(48)73-57)53(41(34-59)55-61-43-20-9-11-22-45(43)63(55)4)52(39-18-7-6-17-35(39)2)64(56-71-47-24-13-12-23-46(47)66)51(38)40(33-58)54-60-42-19-8-10-21-44(42)62(54)3/h6-15,17-30,52,66H,5,16,31-32H2,1-4H3,(H,67,68,69)/b51-40-,53-41-. The number of ether oxygens (including phenoxy) is 1. The number of aromatic nitrogens is 4. The summed E-state index contributed by atoms with van der Waals surface area (Å²) in [4.78, 5) is 13.9. The van der Waals surface area contributed by atoms with Gasteiger partial charge in [-0.3, -0.25) is 4.55 Å². The average molecular weight is 1000 g/mol. The summed E-state index contributed by atoms with van der Waals surface area (Å²) in [6, 6.07) is 48.0. The maximum absolute atomic E-state index is 12.0. The molecule has 0 bridgehead atoms. The first-order chi connectivity index (χ1) is 35.9. The number of imidazole rings is 2. The third-order valence-electron chi connectivity index (χ3n) is 13.1. The van der Waals surface area contributed by atoms with Gasteiger partial charge in [-0.15, -0.1) is 0 Å². The van der Waals surface area contributed by atoms with Gasteiger partial charge in [0.1, 0.15) is 46.3 Å². The number of rotatable bonds is 14. The Morgan fingerprint density at radius 3 is 1.92 bits per heavy atom. The van der Waals surface area contributed by atoms with Crippen LogP contribution < -0.4 is 18.7 Å². The Morgan fingerprint density at radius 2 is 1.34 bits per heavy atom. The van der Waals surface area contributed by atoms with Crippen LogP contribution in [0.4, 0.5) is 0 Å². The van der Waals surface area contributed by atoms with Gasteiger partial charge in [-0.1, -0.05) is 79.7 Å². The Kier molecular flexibility index (Phi) is 13.4. The summed E-state index contributed by atoms with van der Waals surface area (Å²) in [6.45, 7) is 3.93. The maximum Gasteiger partial charge on any atom is 0.743 e. The Hall–Kier alpha value is -8.90. The molecule has 16 nitrogen and oxygen atoms in total. The molecule has 1 atom stereocenters. The molecular formula is C55H47B2N8O8S. The molecule has 4 heterocycles. The Morgan fingerprint density at radius 1 is 0.770 bits per heavy atom. The lowest BCUT2D eigenvalue weighted by molar-refractivity contribution is 0.316. The van der Waals surface area contributed by atoms with Crippen LogP contribution in [0, 0.1) is 29.6 Å². The Balaban J connectivity index is 1.37. The van der Waals surface area contributed by atoms with E-state index in [0.717, 1.165) is 16.6 Å². The molecular weight excluding hydrogens is 954 g/mol. The van der Waals surface area contributed by atoms with Gasteiger partial charge in [0.15, 0.2) is 17.4 Å². The number of nitriles is 2. The summed E-state index contributed by atoms with van der Waals surface area (Å²) >= 11 is 0. The SMILES string of the molecule is CCC1=C(c2ccc(OCCCS(=O)(=O)O)cc2)N(B2Oc3ccccc3O2)/C(=C(/C#N)c2nc3ccccc3n2C)C(c2ccccc2C)N([B]Oc2ccccc2O)/C1=C(/C#N)c1nc2ccccc2n1C. The molecule has 0 saturated carbocycles. The van der Waals surface area contributed by atoms with Crippen LogP contribution in [-0.2, 0) is 24.2 Å². The molecule has 2 aromatic heterocycles. The molecule has 0 saturated heterocycles. The van der Waals surface area contributed by atoms with E-state index in [4.69, 9.17) is 28.7 Å². The number of benzene rings is 6. The number of hydrogen-bond acceptors (Lipinski definition) is 13. The van der Waals surface area contributed by atoms with Crippen LogP contribution in [0.2, 0.25) is 0 Å². The monoisotopic (exact) mass is 1000 g/mol. The zero-order valence-corrected chi connectivity index (χ0v) is 41.6. The minimum atomic E-state index is -4.20. The van der Waals surface area contributed by atoms with Crippen molar-refractivity contribution in [3.8, 4) is 40.9 Å². The first kappa shape index (κ1) is 48.7. The van der Waals surface area contributed by atoms with Crippen molar-refractivity contribution in [2.45, 2.75) is 32.7 Å². The van der Waals surface area contributed by atoms with Crippen molar-refractivity contribution in [1.29, 1.82) is 10.5 Å². The van der Waals surface area contributed by atoms with Gasteiger partial charge in [-0.25, -0.2) is 9.97 Å². The van der Waals surface area contributed by atoms with E-state index in [1.54, 1.807) is 42.5 Å². The number of hydrogen-bond donors (Lipinski definition) is 2. The molecule has 6 aromatic carbocycles. The second-order valence-electron chi connectivity index (χ2n) is 17.6. The van der Waals surface area contributed by atoms with Crippen molar-refractivity contribution in [3.05, 3.63) is 191 Å². The third kappa shape index (κ3) is 9.15. The van der Waals surface area contributed by atoms with Crippen LogP contribution in [0.5, 0.6) is 28.7 Å². The smallest absolute Gasteiger partial charge is 0.540 e. The number of phenols is 1. The molecule has 0 aliphatic carbocycles. The molecule has 2 aliphatic heterocycles. The van der Waals surface area contributed by atoms with Crippen LogP contribution >= 0.6 is 0 Å². The molecule has 2 aliphatic rings. The molecule has 1 unspecified atom stereocenters. The summed E-state index contributed by atoms with van der Waals surface area (Å²) in [5.74, 6) is 1.46. The van der Waals surface area contributed by atoms with Crippen LogP contribution in [0.25, 0.3) is 38.9 Å². The normalized spacial score (nSPS) is 16.0. The zero-order valence-electron chi connectivity index (χ0n) is 40.7. The zero-order chi connectivity index (χ0) is 51.7. The van der Waals surface area contributed by atoms with Crippen LogP contribution in [-0.4, -0.2) is 74.0 Å². The molecule has 367 valence electrons.